The summed E-state index contributed by atoms with van der Waals surface area (Å²) < 4.78 is 0. The van der Waals surface area contributed by atoms with Crippen molar-refractivity contribution < 1.29 is 15.0 Å². The van der Waals surface area contributed by atoms with Gasteiger partial charge in [-0.3, -0.25) is 0 Å². The van der Waals surface area contributed by atoms with Crippen molar-refractivity contribution in [3.8, 4) is 5.75 Å². The van der Waals surface area contributed by atoms with Gasteiger partial charge in [-0.15, -0.1) is 0 Å². The molecule has 16 heavy (non-hydrogen) atoms. The highest BCUT2D eigenvalue weighted by atomic mass is 16.4. The fourth-order valence-corrected chi connectivity index (χ4v) is 1.18. The maximum Gasteiger partial charge on any atom is 0.339 e. The third kappa shape index (κ3) is 3.46. The van der Waals surface area contributed by atoms with Crippen LogP contribution in [0.2, 0.25) is 0 Å². The summed E-state index contributed by atoms with van der Waals surface area (Å²) in [6.45, 7) is 6.98. The minimum absolute atomic E-state index is 0.0843. The van der Waals surface area contributed by atoms with Gasteiger partial charge in [0.15, 0.2) is 0 Å². The smallest absolute Gasteiger partial charge is 0.339 e. The van der Waals surface area contributed by atoms with Crippen molar-refractivity contribution in [1.29, 1.82) is 0 Å². The zero-order valence-corrected chi connectivity index (χ0v) is 9.74. The lowest BCUT2D eigenvalue weighted by Gasteiger charge is -2.19. The van der Waals surface area contributed by atoms with E-state index in [0.29, 0.717) is 5.69 Å². The molecule has 0 amide bonds. The van der Waals surface area contributed by atoms with Crippen LogP contribution >= 0.6 is 0 Å². The number of nitrogens with one attached hydrogen (secondary N) is 1. The molecule has 0 saturated carbocycles. The standard InChI is InChI=1S/C12H17NO3/c1-12(2,3)7-13-8-4-5-10(14)9(6-8)11(15)16/h4-6,13-14H,7H2,1-3H3,(H,15,16). The Morgan fingerprint density at radius 3 is 2.50 bits per heavy atom. The van der Waals surface area contributed by atoms with Crippen LogP contribution in [-0.2, 0) is 0 Å². The molecular weight excluding hydrogens is 206 g/mol. The molecule has 0 radical (unpaired) electrons. The van der Waals surface area contributed by atoms with E-state index in [9.17, 15) is 9.90 Å². The molecule has 4 heteroatoms. The number of hydrogen-bond donors (Lipinski definition) is 3. The number of carboxylic acid groups (broad SMARTS) is 1. The molecular formula is C12H17NO3. The average molecular weight is 223 g/mol. The maximum atomic E-state index is 10.8. The summed E-state index contributed by atoms with van der Waals surface area (Å²) in [5.74, 6) is -1.34. The molecule has 0 bridgehead atoms. The zero-order chi connectivity index (χ0) is 12.3. The molecule has 0 atom stereocenters. The first-order valence-electron chi connectivity index (χ1n) is 5.10. The van der Waals surface area contributed by atoms with E-state index in [0.717, 1.165) is 6.54 Å². The first kappa shape index (κ1) is 12.4. The number of aromatic carboxylic acids is 1. The van der Waals surface area contributed by atoms with E-state index < -0.39 is 5.97 Å². The molecule has 0 spiro atoms. The number of aromatic hydroxyl groups is 1. The Hall–Kier alpha value is -1.71. The number of benzene rings is 1. The van der Waals surface area contributed by atoms with Gasteiger partial charge in [-0.25, -0.2) is 4.79 Å². The molecule has 0 aliphatic rings. The van der Waals surface area contributed by atoms with Gasteiger partial charge >= 0.3 is 5.97 Å². The molecule has 0 saturated heterocycles. The first-order chi connectivity index (χ1) is 7.29. The second-order valence-electron chi connectivity index (χ2n) is 4.95. The topological polar surface area (TPSA) is 69.6 Å². The molecule has 4 nitrogen and oxygen atoms in total. The van der Waals surface area contributed by atoms with Gasteiger partial charge in [0.1, 0.15) is 11.3 Å². The van der Waals surface area contributed by atoms with Gasteiger partial charge in [0.25, 0.3) is 0 Å². The molecule has 1 aromatic carbocycles. The summed E-state index contributed by atoms with van der Waals surface area (Å²) in [6.07, 6.45) is 0. The molecule has 0 fully saturated rings. The van der Waals surface area contributed by atoms with Crippen molar-refractivity contribution in [3.63, 3.8) is 0 Å². The molecule has 1 aromatic rings. The van der Waals surface area contributed by atoms with Crippen LogP contribution in [0.4, 0.5) is 5.69 Å². The molecule has 88 valence electrons. The van der Waals surface area contributed by atoms with Crippen molar-refractivity contribution in [1.82, 2.24) is 0 Å². The van der Waals surface area contributed by atoms with Crippen LogP contribution in [-0.4, -0.2) is 22.7 Å². The van der Waals surface area contributed by atoms with Crippen molar-refractivity contribution in [2.24, 2.45) is 5.41 Å². The van der Waals surface area contributed by atoms with Crippen LogP contribution < -0.4 is 5.32 Å². The number of anilines is 1. The minimum atomic E-state index is -1.13. The number of phenols is 1. The monoisotopic (exact) mass is 223 g/mol. The second-order valence-corrected chi connectivity index (χ2v) is 4.95. The Labute approximate surface area is 94.9 Å². The summed E-state index contributed by atoms with van der Waals surface area (Å²) in [6, 6.07) is 4.48. The highest BCUT2D eigenvalue weighted by molar-refractivity contribution is 5.91. The Morgan fingerprint density at radius 2 is 2.00 bits per heavy atom. The minimum Gasteiger partial charge on any atom is -0.507 e. The Bertz CT molecular complexity index is 394. The fourth-order valence-electron chi connectivity index (χ4n) is 1.18. The predicted molar refractivity (Wildman–Crippen MR) is 63.0 cm³/mol. The Morgan fingerprint density at radius 1 is 1.38 bits per heavy atom. The molecule has 0 unspecified atom stereocenters. The van der Waals surface area contributed by atoms with E-state index in [1.807, 2.05) is 0 Å². The van der Waals surface area contributed by atoms with Gasteiger partial charge in [-0.05, 0) is 23.6 Å². The average Bonchev–Trinajstić information content (AvgIpc) is 2.14. The summed E-state index contributed by atoms with van der Waals surface area (Å²) in [5.41, 5.74) is 0.727. The molecule has 1 rings (SSSR count). The van der Waals surface area contributed by atoms with Crippen LogP contribution in [0.25, 0.3) is 0 Å². The van der Waals surface area contributed by atoms with E-state index in [2.05, 4.69) is 26.1 Å². The first-order valence-corrected chi connectivity index (χ1v) is 5.10. The molecule has 0 aliphatic heterocycles. The van der Waals surface area contributed by atoms with Crippen molar-refractivity contribution in [2.75, 3.05) is 11.9 Å². The highest BCUT2D eigenvalue weighted by Gasteiger charge is 2.12. The normalized spacial score (nSPS) is 11.2. The van der Waals surface area contributed by atoms with Gasteiger partial charge in [-0.2, -0.15) is 0 Å². The largest absolute Gasteiger partial charge is 0.507 e. The van der Waals surface area contributed by atoms with Gasteiger partial charge in [0.05, 0.1) is 0 Å². The second kappa shape index (κ2) is 4.43. The van der Waals surface area contributed by atoms with E-state index >= 15 is 0 Å². The maximum absolute atomic E-state index is 10.8. The van der Waals surface area contributed by atoms with E-state index in [1.54, 1.807) is 6.07 Å². The van der Waals surface area contributed by atoms with Crippen LogP contribution in [0, 0.1) is 5.41 Å². The molecule has 0 aromatic heterocycles. The SMILES string of the molecule is CC(C)(C)CNc1ccc(O)c(C(=O)O)c1. The van der Waals surface area contributed by atoms with Gasteiger partial charge in [0.2, 0.25) is 0 Å². The van der Waals surface area contributed by atoms with Gasteiger partial charge in [-0.1, -0.05) is 20.8 Å². The van der Waals surface area contributed by atoms with Crippen molar-refractivity contribution in [2.45, 2.75) is 20.8 Å². The predicted octanol–water partition coefficient (Wildman–Crippen LogP) is 2.55. The fraction of sp³-hybridized carbons (Fsp3) is 0.417. The van der Waals surface area contributed by atoms with Crippen LogP contribution in [0.3, 0.4) is 0 Å². The number of hydrogen-bond acceptors (Lipinski definition) is 3. The van der Waals surface area contributed by atoms with Crippen molar-refractivity contribution >= 4 is 11.7 Å². The quantitative estimate of drug-likeness (QED) is 0.689. The van der Waals surface area contributed by atoms with Crippen LogP contribution in [0.5, 0.6) is 5.75 Å². The molecule has 0 aliphatic carbocycles. The summed E-state index contributed by atoms with van der Waals surface area (Å²) >= 11 is 0. The zero-order valence-electron chi connectivity index (χ0n) is 9.74. The summed E-state index contributed by atoms with van der Waals surface area (Å²) in [5, 5.41) is 21.3. The Kier molecular flexibility index (Phi) is 3.42. The molecule has 0 heterocycles. The third-order valence-electron chi connectivity index (χ3n) is 2.05. The highest BCUT2D eigenvalue weighted by Crippen LogP contribution is 2.22. The third-order valence-corrected chi connectivity index (χ3v) is 2.05. The summed E-state index contributed by atoms with van der Waals surface area (Å²) in [7, 11) is 0. The van der Waals surface area contributed by atoms with Gasteiger partial charge < -0.3 is 15.5 Å². The Balaban J connectivity index is 2.83. The van der Waals surface area contributed by atoms with E-state index in [-0.39, 0.29) is 16.7 Å². The lowest BCUT2D eigenvalue weighted by Crippen LogP contribution is -2.19. The van der Waals surface area contributed by atoms with Crippen molar-refractivity contribution in [3.05, 3.63) is 23.8 Å². The number of carbonyl (C=O) groups is 1. The van der Waals surface area contributed by atoms with E-state index in [1.165, 1.54) is 12.1 Å². The lowest BCUT2D eigenvalue weighted by atomic mass is 9.97. The number of rotatable bonds is 3. The number of carboxylic acids is 1. The lowest BCUT2D eigenvalue weighted by molar-refractivity contribution is 0.0694. The van der Waals surface area contributed by atoms with Crippen LogP contribution in [0.1, 0.15) is 31.1 Å². The summed E-state index contributed by atoms with van der Waals surface area (Å²) in [4.78, 5) is 10.8. The van der Waals surface area contributed by atoms with Gasteiger partial charge in [0, 0.05) is 12.2 Å². The van der Waals surface area contributed by atoms with Crippen LogP contribution in [0.15, 0.2) is 18.2 Å². The molecule has 3 N–H and O–H groups in total. The van der Waals surface area contributed by atoms with E-state index in [4.69, 9.17) is 5.11 Å².